The third-order valence-electron chi connectivity index (χ3n) is 3.03. The first kappa shape index (κ1) is 13.8. The maximum Gasteiger partial charge on any atom is 0.152 e. The molecular weight excluding hydrogens is 302 g/mol. The van der Waals surface area contributed by atoms with Crippen molar-refractivity contribution in [2.75, 3.05) is 11.9 Å². The van der Waals surface area contributed by atoms with Crippen LogP contribution in [-0.2, 0) is 6.54 Å². The summed E-state index contributed by atoms with van der Waals surface area (Å²) >= 11 is 3.47. The zero-order valence-corrected chi connectivity index (χ0v) is 12.6. The Morgan fingerprint density at radius 1 is 1.21 bits per heavy atom. The molecule has 0 aliphatic rings. The molecule has 0 bridgehead atoms. The molecule has 0 unspecified atom stereocenters. The molecule has 2 aromatic rings. The molecular formula is C16H16BrNO. The maximum atomic E-state index is 11.2. The average Bonchev–Trinajstić information content (AvgIpc) is 2.38. The molecule has 0 atom stereocenters. The van der Waals surface area contributed by atoms with Crippen LogP contribution in [0.2, 0.25) is 0 Å². The van der Waals surface area contributed by atoms with Crippen LogP contribution < -0.4 is 4.90 Å². The van der Waals surface area contributed by atoms with Crippen molar-refractivity contribution in [3.63, 3.8) is 0 Å². The van der Waals surface area contributed by atoms with Gasteiger partial charge in [-0.3, -0.25) is 4.79 Å². The highest BCUT2D eigenvalue weighted by Crippen LogP contribution is 2.22. The highest BCUT2D eigenvalue weighted by molar-refractivity contribution is 9.10. The monoisotopic (exact) mass is 317 g/mol. The van der Waals surface area contributed by atoms with Crippen LogP contribution in [-0.4, -0.2) is 13.3 Å². The van der Waals surface area contributed by atoms with Gasteiger partial charge < -0.3 is 4.90 Å². The van der Waals surface area contributed by atoms with Crippen molar-refractivity contribution < 1.29 is 4.79 Å². The fourth-order valence-corrected chi connectivity index (χ4v) is 2.56. The van der Waals surface area contributed by atoms with E-state index in [2.05, 4.69) is 33.0 Å². The fraction of sp³-hybridized carbons (Fsp3) is 0.188. The maximum absolute atomic E-state index is 11.2. The van der Waals surface area contributed by atoms with Gasteiger partial charge in [-0.2, -0.15) is 0 Å². The first-order valence-electron chi connectivity index (χ1n) is 6.11. The van der Waals surface area contributed by atoms with Crippen LogP contribution >= 0.6 is 15.9 Å². The van der Waals surface area contributed by atoms with Gasteiger partial charge in [0.2, 0.25) is 0 Å². The van der Waals surface area contributed by atoms with Crippen molar-refractivity contribution in [2.45, 2.75) is 13.5 Å². The third-order valence-corrected chi connectivity index (χ3v) is 3.52. The molecule has 0 heterocycles. The highest BCUT2D eigenvalue weighted by Gasteiger charge is 2.08. The second-order valence-corrected chi connectivity index (χ2v) is 5.58. The Balaban J connectivity index is 2.24. The van der Waals surface area contributed by atoms with Crippen molar-refractivity contribution in [2.24, 2.45) is 0 Å². The normalized spacial score (nSPS) is 10.3. The Labute approximate surface area is 122 Å². The van der Waals surface area contributed by atoms with Crippen LogP contribution in [0.4, 0.5) is 5.69 Å². The molecule has 0 radical (unpaired) electrons. The van der Waals surface area contributed by atoms with Gasteiger partial charge in [-0.25, -0.2) is 0 Å². The van der Waals surface area contributed by atoms with Gasteiger partial charge in [-0.15, -0.1) is 0 Å². The molecule has 0 saturated carbocycles. The standard InChI is InChI=1S/C16H16BrNO/c1-12-6-7-16(14(8-12)11-19)18(2)10-13-4-3-5-15(17)9-13/h3-9,11H,10H2,1-2H3. The lowest BCUT2D eigenvalue weighted by Gasteiger charge is -2.21. The average molecular weight is 318 g/mol. The quantitative estimate of drug-likeness (QED) is 0.787. The molecule has 2 aromatic carbocycles. The predicted octanol–water partition coefficient (Wildman–Crippen LogP) is 4.21. The number of anilines is 1. The molecule has 98 valence electrons. The number of carbonyl (C=O) groups excluding carboxylic acids is 1. The van der Waals surface area contributed by atoms with Crippen LogP contribution in [0.5, 0.6) is 0 Å². The van der Waals surface area contributed by atoms with E-state index in [1.807, 2.05) is 44.3 Å². The zero-order valence-electron chi connectivity index (χ0n) is 11.1. The number of benzene rings is 2. The summed E-state index contributed by atoms with van der Waals surface area (Å²) in [6.07, 6.45) is 0.916. The summed E-state index contributed by atoms with van der Waals surface area (Å²) in [5, 5.41) is 0. The Bertz CT molecular complexity index is 595. The number of aldehydes is 1. The summed E-state index contributed by atoms with van der Waals surface area (Å²) in [6.45, 7) is 2.76. The summed E-state index contributed by atoms with van der Waals surface area (Å²) in [5.74, 6) is 0. The summed E-state index contributed by atoms with van der Waals surface area (Å²) in [5.41, 5.74) is 3.99. The number of halogens is 1. The Morgan fingerprint density at radius 3 is 2.68 bits per heavy atom. The zero-order chi connectivity index (χ0) is 13.8. The number of aryl methyl sites for hydroxylation is 1. The topological polar surface area (TPSA) is 20.3 Å². The number of hydrogen-bond donors (Lipinski definition) is 0. The van der Waals surface area contributed by atoms with Crippen LogP contribution in [0.1, 0.15) is 21.5 Å². The van der Waals surface area contributed by atoms with Crippen LogP contribution in [0.25, 0.3) is 0 Å². The molecule has 0 aliphatic heterocycles. The fourth-order valence-electron chi connectivity index (χ4n) is 2.11. The summed E-state index contributed by atoms with van der Waals surface area (Å²) < 4.78 is 1.07. The predicted molar refractivity (Wildman–Crippen MR) is 82.8 cm³/mol. The SMILES string of the molecule is Cc1ccc(N(C)Cc2cccc(Br)c2)c(C=O)c1. The molecule has 0 aliphatic carbocycles. The second-order valence-electron chi connectivity index (χ2n) is 4.67. The van der Waals surface area contributed by atoms with Crippen molar-refractivity contribution in [3.05, 3.63) is 63.6 Å². The van der Waals surface area contributed by atoms with Gasteiger partial charge in [0.25, 0.3) is 0 Å². The van der Waals surface area contributed by atoms with E-state index in [9.17, 15) is 4.79 Å². The Kier molecular flexibility index (Phi) is 4.38. The lowest BCUT2D eigenvalue weighted by Crippen LogP contribution is -2.18. The lowest BCUT2D eigenvalue weighted by atomic mass is 10.1. The summed E-state index contributed by atoms with van der Waals surface area (Å²) in [7, 11) is 2.00. The molecule has 0 aromatic heterocycles. The van der Waals surface area contributed by atoms with Gasteiger partial charge in [0, 0.05) is 29.3 Å². The van der Waals surface area contributed by atoms with Crippen LogP contribution in [0, 0.1) is 6.92 Å². The van der Waals surface area contributed by atoms with E-state index in [0.29, 0.717) is 0 Å². The van der Waals surface area contributed by atoms with E-state index < -0.39 is 0 Å². The minimum absolute atomic E-state index is 0.734. The summed E-state index contributed by atoms with van der Waals surface area (Å²) in [6, 6.07) is 14.1. The van der Waals surface area contributed by atoms with E-state index >= 15 is 0 Å². The first-order valence-corrected chi connectivity index (χ1v) is 6.91. The summed E-state index contributed by atoms with van der Waals surface area (Å²) in [4.78, 5) is 13.2. The molecule has 0 fully saturated rings. The number of carbonyl (C=O) groups is 1. The van der Waals surface area contributed by atoms with E-state index in [1.54, 1.807) is 0 Å². The smallest absolute Gasteiger partial charge is 0.152 e. The molecule has 0 spiro atoms. The Morgan fingerprint density at radius 2 is 2.00 bits per heavy atom. The molecule has 0 saturated heterocycles. The molecule has 2 nitrogen and oxygen atoms in total. The van der Waals surface area contributed by atoms with E-state index in [-0.39, 0.29) is 0 Å². The molecule has 0 amide bonds. The highest BCUT2D eigenvalue weighted by atomic mass is 79.9. The first-order chi connectivity index (χ1) is 9.10. The van der Waals surface area contributed by atoms with Gasteiger partial charge in [0.1, 0.15) is 0 Å². The molecule has 19 heavy (non-hydrogen) atoms. The number of rotatable bonds is 4. The molecule has 0 N–H and O–H groups in total. The van der Waals surface area contributed by atoms with Gasteiger partial charge in [0.15, 0.2) is 6.29 Å². The van der Waals surface area contributed by atoms with Gasteiger partial charge in [-0.05, 0) is 36.8 Å². The van der Waals surface area contributed by atoms with Gasteiger partial charge >= 0.3 is 0 Å². The van der Waals surface area contributed by atoms with Crippen molar-refractivity contribution in [1.29, 1.82) is 0 Å². The van der Waals surface area contributed by atoms with E-state index in [0.717, 1.165) is 34.1 Å². The van der Waals surface area contributed by atoms with Crippen LogP contribution in [0.15, 0.2) is 46.9 Å². The van der Waals surface area contributed by atoms with Gasteiger partial charge in [-0.1, -0.05) is 39.7 Å². The van der Waals surface area contributed by atoms with E-state index in [1.165, 1.54) is 5.56 Å². The lowest BCUT2D eigenvalue weighted by molar-refractivity contribution is 0.112. The molecule has 3 heteroatoms. The van der Waals surface area contributed by atoms with Crippen LogP contribution in [0.3, 0.4) is 0 Å². The van der Waals surface area contributed by atoms with Crippen molar-refractivity contribution in [3.8, 4) is 0 Å². The minimum atomic E-state index is 0.734. The molecule has 2 rings (SSSR count). The number of hydrogen-bond acceptors (Lipinski definition) is 2. The van der Waals surface area contributed by atoms with E-state index in [4.69, 9.17) is 0 Å². The third kappa shape index (κ3) is 3.44. The Hall–Kier alpha value is -1.61. The number of nitrogens with zero attached hydrogens (tertiary/aromatic N) is 1. The largest absolute Gasteiger partial charge is 0.370 e. The van der Waals surface area contributed by atoms with Gasteiger partial charge in [0.05, 0.1) is 0 Å². The second kappa shape index (κ2) is 6.02. The van der Waals surface area contributed by atoms with Crippen molar-refractivity contribution in [1.82, 2.24) is 0 Å². The minimum Gasteiger partial charge on any atom is -0.370 e. The van der Waals surface area contributed by atoms with Crippen molar-refractivity contribution >= 4 is 27.9 Å².